The van der Waals surface area contributed by atoms with Crippen LogP contribution in [0, 0.1) is 10.1 Å². The fraction of sp³-hybridized carbons (Fsp3) is 0.200. The molecule has 0 spiro atoms. The van der Waals surface area contributed by atoms with E-state index in [4.69, 9.17) is 0 Å². The van der Waals surface area contributed by atoms with Gasteiger partial charge in [0.1, 0.15) is 0 Å². The Balaban J connectivity index is 2.10. The van der Waals surface area contributed by atoms with Crippen LogP contribution in [0.2, 0.25) is 0 Å². The minimum Gasteiger partial charge on any atom is -0.306 e. The van der Waals surface area contributed by atoms with Gasteiger partial charge < -0.3 is 5.32 Å². The van der Waals surface area contributed by atoms with Crippen LogP contribution >= 0.6 is 31.9 Å². The third-order valence-corrected chi connectivity index (χ3v) is 4.61. The zero-order valence-electron chi connectivity index (χ0n) is 11.3. The Bertz CT molecular complexity index is 662. The lowest BCUT2D eigenvalue weighted by molar-refractivity contribution is -0.385. The maximum absolute atomic E-state index is 10.9. The lowest BCUT2D eigenvalue weighted by Gasteiger charge is -2.15. The summed E-state index contributed by atoms with van der Waals surface area (Å²) in [6.45, 7) is 2.61. The summed E-state index contributed by atoms with van der Waals surface area (Å²) >= 11 is 6.76. The molecule has 0 aliphatic rings. The Morgan fingerprint density at radius 1 is 1.24 bits per heavy atom. The van der Waals surface area contributed by atoms with E-state index in [2.05, 4.69) is 50.2 Å². The molecule has 1 atom stereocenters. The summed E-state index contributed by atoms with van der Waals surface area (Å²) in [7, 11) is 0. The highest BCUT2D eigenvalue weighted by molar-refractivity contribution is 9.10. The standard InChI is InChI=1S/C15H14Br2N2O2/c1-10(11-4-2-6-13(16)8-11)18-9-12-5-3-7-14(15(12)17)19(20)21/h2-8,10,18H,9H2,1H3. The van der Waals surface area contributed by atoms with Crippen molar-refractivity contribution >= 4 is 37.5 Å². The van der Waals surface area contributed by atoms with E-state index in [0.717, 1.165) is 15.6 Å². The summed E-state index contributed by atoms with van der Waals surface area (Å²) in [5.74, 6) is 0. The molecule has 1 N–H and O–H groups in total. The number of rotatable bonds is 5. The first kappa shape index (κ1) is 16.1. The molecule has 1 unspecified atom stereocenters. The molecule has 0 saturated heterocycles. The highest BCUT2D eigenvalue weighted by Gasteiger charge is 2.15. The van der Waals surface area contributed by atoms with Gasteiger partial charge in [0, 0.05) is 23.1 Å². The molecule has 0 fully saturated rings. The third kappa shape index (κ3) is 4.12. The number of halogens is 2. The van der Waals surface area contributed by atoms with Crippen molar-refractivity contribution in [2.75, 3.05) is 0 Å². The minimum atomic E-state index is -0.384. The SMILES string of the molecule is CC(NCc1cccc([N+](=O)[O-])c1Br)c1cccc(Br)c1. The second kappa shape index (κ2) is 7.15. The Morgan fingerprint density at radius 2 is 1.95 bits per heavy atom. The summed E-state index contributed by atoms with van der Waals surface area (Å²) < 4.78 is 1.56. The number of benzene rings is 2. The molecule has 0 heterocycles. The molecule has 0 aliphatic heterocycles. The zero-order chi connectivity index (χ0) is 15.4. The van der Waals surface area contributed by atoms with Gasteiger partial charge in [-0.1, -0.05) is 40.2 Å². The molecule has 110 valence electrons. The number of nitro groups is 1. The van der Waals surface area contributed by atoms with E-state index in [9.17, 15) is 10.1 Å². The first-order valence-electron chi connectivity index (χ1n) is 6.39. The van der Waals surface area contributed by atoms with E-state index in [-0.39, 0.29) is 16.7 Å². The molecule has 4 nitrogen and oxygen atoms in total. The summed E-state index contributed by atoms with van der Waals surface area (Å²) in [5, 5.41) is 14.3. The maximum atomic E-state index is 10.9. The molecule has 0 aliphatic carbocycles. The third-order valence-electron chi connectivity index (χ3n) is 3.20. The number of nitrogens with one attached hydrogen (secondary N) is 1. The number of nitrogens with zero attached hydrogens (tertiary/aromatic N) is 1. The van der Waals surface area contributed by atoms with Gasteiger partial charge in [0.15, 0.2) is 0 Å². The molecular weight excluding hydrogens is 400 g/mol. The van der Waals surface area contributed by atoms with Crippen molar-refractivity contribution in [3.63, 3.8) is 0 Å². The highest BCUT2D eigenvalue weighted by Crippen LogP contribution is 2.28. The quantitative estimate of drug-likeness (QED) is 0.556. The fourth-order valence-electron chi connectivity index (χ4n) is 2.00. The molecule has 0 aromatic heterocycles. The largest absolute Gasteiger partial charge is 0.306 e. The molecular formula is C15H14Br2N2O2. The first-order chi connectivity index (χ1) is 9.99. The fourth-order valence-corrected chi connectivity index (χ4v) is 2.97. The van der Waals surface area contributed by atoms with Gasteiger partial charge in [-0.15, -0.1) is 0 Å². The smallest absolute Gasteiger partial charge is 0.283 e. The van der Waals surface area contributed by atoms with Crippen molar-refractivity contribution in [1.29, 1.82) is 0 Å². The predicted molar refractivity (Wildman–Crippen MR) is 90.2 cm³/mol. The lowest BCUT2D eigenvalue weighted by Crippen LogP contribution is -2.18. The average Bonchev–Trinajstić information content (AvgIpc) is 2.45. The molecule has 0 radical (unpaired) electrons. The van der Waals surface area contributed by atoms with Crippen molar-refractivity contribution in [1.82, 2.24) is 5.32 Å². The number of hydrogen-bond donors (Lipinski definition) is 1. The van der Waals surface area contributed by atoms with Crippen LogP contribution in [-0.2, 0) is 6.54 Å². The summed E-state index contributed by atoms with van der Waals surface area (Å²) in [6.07, 6.45) is 0. The molecule has 0 bridgehead atoms. The van der Waals surface area contributed by atoms with Crippen LogP contribution < -0.4 is 5.32 Å². The van der Waals surface area contributed by atoms with Gasteiger partial charge >= 0.3 is 0 Å². The van der Waals surface area contributed by atoms with E-state index in [1.807, 2.05) is 24.3 Å². The zero-order valence-corrected chi connectivity index (χ0v) is 14.5. The van der Waals surface area contributed by atoms with Gasteiger partial charge in [-0.3, -0.25) is 10.1 Å². The molecule has 2 rings (SSSR count). The Hall–Kier alpha value is -1.24. The molecule has 21 heavy (non-hydrogen) atoms. The van der Waals surface area contributed by atoms with Crippen LogP contribution in [0.4, 0.5) is 5.69 Å². The second-order valence-corrected chi connectivity index (χ2v) is 6.37. The van der Waals surface area contributed by atoms with Crippen LogP contribution in [0.3, 0.4) is 0 Å². The molecule has 6 heteroatoms. The maximum Gasteiger partial charge on any atom is 0.283 e. The van der Waals surface area contributed by atoms with Crippen LogP contribution in [-0.4, -0.2) is 4.92 Å². The Morgan fingerprint density at radius 3 is 2.62 bits per heavy atom. The summed E-state index contributed by atoms with van der Waals surface area (Å²) in [4.78, 5) is 10.5. The number of hydrogen-bond acceptors (Lipinski definition) is 3. The molecule has 0 saturated carbocycles. The lowest BCUT2D eigenvalue weighted by atomic mass is 10.1. The topological polar surface area (TPSA) is 55.2 Å². The van der Waals surface area contributed by atoms with Gasteiger partial charge in [-0.2, -0.15) is 0 Å². The second-order valence-electron chi connectivity index (χ2n) is 4.66. The predicted octanol–water partition coefficient (Wildman–Crippen LogP) is 4.97. The summed E-state index contributed by atoms with van der Waals surface area (Å²) in [6, 6.07) is 13.3. The first-order valence-corrected chi connectivity index (χ1v) is 7.98. The van der Waals surface area contributed by atoms with E-state index in [1.165, 1.54) is 6.07 Å². The van der Waals surface area contributed by atoms with Crippen LogP contribution in [0.5, 0.6) is 0 Å². The minimum absolute atomic E-state index is 0.0874. The average molecular weight is 414 g/mol. The van der Waals surface area contributed by atoms with Crippen molar-refractivity contribution < 1.29 is 4.92 Å². The van der Waals surface area contributed by atoms with Crippen LogP contribution in [0.25, 0.3) is 0 Å². The van der Waals surface area contributed by atoms with Crippen molar-refractivity contribution in [2.24, 2.45) is 0 Å². The highest BCUT2D eigenvalue weighted by atomic mass is 79.9. The van der Waals surface area contributed by atoms with Crippen LogP contribution in [0.15, 0.2) is 51.4 Å². The van der Waals surface area contributed by atoms with Crippen molar-refractivity contribution in [3.8, 4) is 0 Å². The molecule has 0 amide bonds. The Labute approximate surface area is 140 Å². The van der Waals surface area contributed by atoms with Gasteiger partial charge in [-0.25, -0.2) is 0 Å². The van der Waals surface area contributed by atoms with E-state index < -0.39 is 0 Å². The Kier molecular flexibility index (Phi) is 5.50. The van der Waals surface area contributed by atoms with Crippen LogP contribution in [0.1, 0.15) is 24.1 Å². The van der Waals surface area contributed by atoms with Gasteiger partial charge in [0.2, 0.25) is 0 Å². The van der Waals surface area contributed by atoms with E-state index >= 15 is 0 Å². The van der Waals surface area contributed by atoms with Gasteiger partial charge in [0.05, 0.1) is 9.40 Å². The molecule has 2 aromatic rings. The summed E-state index contributed by atoms with van der Waals surface area (Å²) in [5.41, 5.74) is 2.11. The van der Waals surface area contributed by atoms with Crippen molar-refractivity contribution in [2.45, 2.75) is 19.5 Å². The van der Waals surface area contributed by atoms with Gasteiger partial charge in [-0.05, 0) is 46.1 Å². The van der Waals surface area contributed by atoms with Gasteiger partial charge in [0.25, 0.3) is 5.69 Å². The van der Waals surface area contributed by atoms with Crippen molar-refractivity contribution in [3.05, 3.63) is 72.7 Å². The molecule has 2 aromatic carbocycles. The van der Waals surface area contributed by atoms with E-state index in [0.29, 0.717) is 11.0 Å². The normalized spacial score (nSPS) is 12.1. The monoisotopic (exact) mass is 412 g/mol. The van der Waals surface area contributed by atoms with E-state index in [1.54, 1.807) is 6.07 Å². The number of nitro benzene ring substituents is 1.